The summed E-state index contributed by atoms with van der Waals surface area (Å²) in [6.07, 6.45) is 1.59. The largest absolute Gasteiger partial charge is 0.410 e. The number of pyridine rings is 1. The van der Waals surface area contributed by atoms with E-state index < -0.39 is 11.6 Å². The summed E-state index contributed by atoms with van der Waals surface area (Å²) < 4.78 is 30.1. The minimum Gasteiger partial charge on any atom is -0.410 e. The van der Waals surface area contributed by atoms with Crippen molar-refractivity contribution in [3.8, 4) is 11.3 Å². The lowest BCUT2D eigenvalue weighted by atomic mass is 10.0. The number of aromatic nitrogens is 2. The summed E-state index contributed by atoms with van der Waals surface area (Å²) in [5.41, 5.74) is 7.74. The summed E-state index contributed by atoms with van der Waals surface area (Å²) in [6, 6.07) is 16.0. The first kappa shape index (κ1) is 16.7. The zero-order valence-corrected chi connectivity index (χ0v) is 14.0. The smallest absolute Gasteiger partial charge is 0.151 e. The van der Waals surface area contributed by atoms with Crippen LogP contribution in [-0.4, -0.2) is 20.3 Å². The molecule has 4 aromatic rings. The van der Waals surface area contributed by atoms with Crippen LogP contribution in [0.4, 0.5) is 14.6 Å². The van der Waals surface area contributed by atoms with Gasteiger partial charge in [0.2, 0.25) is 0 Å². The Morgan fingerprint density at radius 3 is 2.30 bits per heavy atom. The molecule has 0 saturated heterocycles. The van der Waals surface area contributed by atoms with E-state index in [4.69, 9.17) is 5.73 Å². The third kappa shape index (κ3) is 2.79. The molecule has 0 fully saturated rings. The first-order valence-corrected chi connectivity index (χ1v) is 8.10. The van der Waals surface area contributed by atoms with Crippen LogP contribution in [-0.2, 0) is 0 Å². The number of anilines is 1. The van der Waals surface area contributed by atoms with Gasteiger partial charge in [-0.15, -0.1) is 0 Å². The molecule has 0 spiro atoms. The molecule has 0 bridgehead atoms. The number of fused-ring (bicyclic) bond motifs is 1. The Kier molecular flexibility index (Phi) is 4.04. The van der Waals surface area contributed by atoms with Crippen molar-refractivity contribution in [2.24, 2.45) is 5.16 Å². The second-order valence-corrected chi connectivity index (χ2v) is 5.90. The van der Waals surface area contributed by atoms with Gasteiger partial charge in [0, 0.05) is 17.3 Å². The Morgan fingerprint density at radius 1 is 0.926 bits per heavy atom. The van der Waals surface area contributed by atoms with E-state index in [-0.39, 0.29) is 17.1 Å². The van der Waals surface area contributed by atoms with Gasteiger partial charge < -0.3 is 10.9 Å². The molecule has 4 rings (SSSR count). The minimum absolute atomic E-state index is 0.00153. The third-order valence-electron chi connectivity index (χ3n) is 4.27. The van der Waals surface area contributed by atoms with Gasteiger partial charge in [-0.05, 0) is 24.3 Å². The normalized spacial score (nSPS) is 11.9. The summed E-state index contributed by atoms with van der Waals surface area (Å²) >= 11 is 0. The van der Waals surface area contributed by atoms with Crippen molar-refractivity contribution in [1.82, 2.24) is 9.38 Å². The molecule has 0 amide bonds. The number of halogens is 2. The van der Waals surface area contributed by atoms with Crippen LogP contribution in [0.1, 0.15) is 11.1 Å². The van der Waals surface area contributed by atoms with Gasteiger partial charge in [0.25, 0.3) is 0 Å². The van der Waals surface area contributed by atoms with Crippen molar-refractivity contribution in [3.05, 3.63) is 89.6 Å². The van der Waals surface area contributed by atoms with Crippen LogP contribution in [0.25, 0.3) is 16.9 Å². The fraction of sp³-hybridized carbons (Fsp3) is 0. The maximum atomic E-state index is 14.3. The number of oxime groups is 1. The van der Waals surface area contributed by atoms with Crippen molar-refractivity contribution in [2.75, 3.05) is 5.73 Å². The summed E-state index contributed by atoms with van der Waals surface area (Å²) in [7, 11) is 0. The van der Waals surface area contributed by atoms with Crippen LogP contribution in [0.3, 0.4) is 0 Å². The lowest BCUT2D eigenvalue weighted by Gasteiger charge is -2.09. The van der Waals surface area contributed by atoms with Crippen molar-refractivity contribution < 1.29 is 14.0 Å². The number of rotatable bonds is 3. The average Bonchev–Trinajstić information content (AvgIpc) is 2.99. The molecule has 0 aliphatic heterocycles. The molecule has 5 nitrogen and oxygen atoms in total. The number of benzene rings is 2. The van der Waals surface area contributed by atoms with E-state index in [1.165, 1.54) is 10.5 Å². The molecule has 0 aliphatic rings. The summed E-state index contributed by atoms with van der Waals surface area (Å²) in [5.74, 6) is -1.49. The number of nitrogen functional groups attached to an aromatic ring is 1. The number of imidazole rings is 1. The van der Waals surface area contributed by atoms with E-state index in [0.29, 0.717) is 22.5 Å². The van der Waals surface area contributed by atoms with E-state index in [9.17, 15) is 14.0 Å². The van der Waals surface area contributed by atoms with Gasteiger partial charge >= 0.3 is 0 Å². The molecular formula is C20H14F2N4O. The zero-order valence-electron chi connectivity index (χ0n) is 14.0. The molecular weight excluding hydrogens is 350 g/mol. The summed E-state index contributed by atoms with van der Waals surface area (Å²) in [4.78, 5) is 4.18. The molecule has 27 heavy (non-hydrogen) atoms. The van der Waals surface area contributed by atoms with Gasteiger partial charge in [0.05, 0.1) is 5.56 Å². The van der Waals surface area contributed by atoms with Crippen molar-refractivity contribution in [3.63, 3.8) is 0 Å². The lowest BCUT2D eigenvalue weighted by Crippen LogP contribution is -2.05. The standard InChI is InChI=1S/C20H14F2N4O/c21-14-7-4-8-15(22)17(14)19-20(23)24-16-10-9-13(11-26(16)19)18(25-27)12-5-2-1-3-6-12/h1-11,27H,23H2/b25-18+. The molecule has 2 aromatic carbocycles. The average molecular weight is 364 g/mol. The lowest BCUT2D eigenvalue weighted by molar-refractivity contribution is 0.319. The number of hydrogen-bond donors (Lipinski definition) is 2. The van der Waals surface area contributed by atoms with Gasteiger partial charge in [0.1, 0.15) is 28.7 Å². The zero-order chi connectivity index (χ0) is 19.0. The van der Waals surface area contributed by atoms with E-state index in [1.807, 2.05) is 18.2 Å². The van der Waals surface area contributed by atoms with Crippen LogP contribution >= 0.6 is 0 Å². The quantitative estimate of drug-likeness (QED) is 0.327. The van der Waals surface area contributed by atoms with Gasteiger partial charge in [-0.3, -0.25) is 4.40 Å². The molecule has 0 atom stereocenters. The second kappa shape index (κ2) is 6.53. The molecule has 2 aromatic heterocycles. The molecule has 134 valence electrons. The van der Waals surface area contributed by atoms with E-state index >= 15 is 0 Å². The maximum absolute atomic E-state index is 14.3. The van der Waals surface area contributed by atoms with E-state index in [0.717, 1.165) is 12.1 Å². The number of nitrogens with two attached hydrogens (primary N) is 1. The Labute approximate surface area is 153 Å². The number of hydrogen-bond acceptors (Lipinski definition) is 4. The molecule has 0 unspecified atom stereocenters. The van der Waals surface area contributed by atoms with Gasteiger partial charge in [-0.2, -0.15) is 0 Å². The van der Waals surface area contributed by atoms with Crippen molar-refractivity contribution in [2.45, 2.75) is 0 Å². The Bertz CT molecular complexity index is 1150. The maximum Gasteiger partial charge on any atom is 0.151 e. The van der Waals surface area contributed by atoms with Crippen molar-refractivity contribution >= 4 is 17.2 Å². The minimum atomic E-state index is -0.743. The van der Waals surface area contributed by atoms with E-state index in [1.54, 1.807) is 30.5 Å². The summed E-state index contributed by atoms with van der Waals surface area (Å²) in [6.45, 7) is 0. The van der Waals surface area contributed by atoms with Crippen LogP contribution < -0.4 is 5.73 Å². The molecule has 0 saturated carbocycles. The Balaban J connectivity index is 1.96. The highest BCUT2D eigenvalue weighted by molar-refractivity contribution is 6.12. The predicted molar refractivity (Wildman–Crippen MR) is 98.8 cm³/mol. The molecule has 3 N–H and O–H groups in total. The molecule has 0 aliphatic carbocycles. The highest BCUT2D eigenvalue weighted by atomic mass is 19.1. The second-order valence-electron chi connectivity index (χ2n) is 5.90. The fourth-order valence-corrected chi connectivity index (χ4v) is 3.05. The molecule has 7 heteroatoms. The first-order chi connectivity index (χ1) is 13.1. The van der Waals surface area contributed by atoms with Crippen LogP contribution in [0, 0.1) is 11.6 Å². The van der Waals surface area contributed by atoms with Crippen LogP contribution in [0.2, 0.25) is 0 Å². The van der Waals surface area contributed by atoms with Crippen LogP contribution in [0.5, 0.6) is 0 Å². The highest BCUT2D eigenvalue weighted by Crippen LogP contribution is 2.32. The van der Waals surface area contributed by atoms with Crippen LogP contribution in [0.15, 0.2) is 72.0 Å². The van der Waals surface area contributed by atoms with Gasteiger partial charge in [-0.1, -0.05) is 41.6 Å². The van der Waals surface area contributed by atoms with E-state index in [2.05, 4.69) is 10.1 Å². The molecule has 2 heterocycles. The predicted octanol–water partition coefficient (Wildman–Crippen LogP) is 4.09. The highest BCUT2D eigenvalue weighted by Gasteiger charge is 2.20. The third-order valence-corrected chi connectivity index (χ3v) is 4.27. The van der Waals surface area contributed by atoms with Crippen molar-refractivity contribution in [1.29, 1.82) is 0 Å². The molecule has 0 radical (unpaired) electrons. The Hall–Kier alpha value is -3.74. The SMILES string of the molecule is Nc1nc2ccc(/C(=N/O)c3ccccc3)cn2c1-c1c(F)cccc1F. The Morgan fingerprint density at radius 2 is 1.63 bits per heavy atom. The fourth-order valence-electron chi connectivity index (χ4n) is 3.05. The van der Waals surface area contributed by atoms with Gasteiger partial charge in [0.15, 0.2) is 5.82 Å². The monoisotopic (exact) mass is 364 g/mol. The number of nitrogens with zero attached hydrogens (tertiary/aromatic N) is 3. The topological polar surface area (TPSA) is 75.9 Å². The first-order valence-electron chi connectivity index (χ1n) is 8.10. The summed E-state index contributed by atoms with van der Waals surface area (Å²) in [5, 5.41) is 12.9. The van der Waals surface area contributed by atoms with Gasteiger partial charge in [-0.25, -0.2) is 13.8 Å².